The molecule has 0 radical (unpaired) electrons. The van der Waals surface area contributed by atoms with Gasteiger partial charge in [0.2, 0.25) is 0 Å². The van der Waals surface area contributed by atoms with E-state index in [9.17, 15) is 14.7 Å². The molecular formula is C27H37N3O6Si. The highest BCUT2D eigenvalue weighted by Crippen LogP contribution is 2.30. The van der Waals surface area contributed by atoms with Gasteiger partial charge in [-0.1, -0.05) is 31.8 Å². The number of rotatable bonds is 11. The molecule has 1 atom stereocenters. The summed E-state index contributed by atoms with van der Waals surface area (Å²) in [5.74, 6) is 0.121. The second-order valence-corrected chi connectivity index (χ2v) is 16.8. The highest BCUT2D eigenvalue weighted by molar-refractivity contribution is 6.76. The SMILES string of the molecule is CC(C)(C)OC(=O)N[C@@H](Cc1ccc(Oc2ccnc3c2ccn3COCC[Si](C)(C)C)cc1)C(=O)O. The van der Waals surface area contributed by atoms with E-state index in [1.807, 2.05) is 16.8 Å². The van der Waals surface area contributed by atoms with Crippen molar-refractivity contribution in [3.05, 3.63) is 54.4 Å². The maximum atomic E-state index is 12.0. The van der Waals surface area contributed by atoms with Crippen molar-refractivity contribution in [3.63, 3.8) is 0 Å². The number of pyridine rings is 1. The average Bonchev–Trinajstić information content (AvgIpc) is 3.19. The highest BCUT2D eigenvalue weighted by atomic mass is 28.3. The number of carbonyl (C=O) groups is 2. The number of carboxylic acid groups (broad SMARTS) is 1. The Morgan fingerprint density at radius 3 is 2.43 bits per heavy atom. The molecule has 2 aromatic heterocycles. The Bertz CT molecular complexity index is 1210. The van der Waals surface area contributed by atoms with Gasteiger partial charge in [-0.05, 0) is 56.6 Å². The number of carboxylic acids is 1. The Labute approximate surface area is 218 Å². The number of aromatic nitrogens is 2. The van der Waals surface area contributed by atoms with Crippen molar-refractivity contribution in [2.45, 2.75) is 71.3 Å². The number of aliphatic carboxylic acids is 1. The zero-order valence-corrected chi connectivity index (χ0v) is 23.4. The van der Waals surface area contributed by atoms with Gasteiger partial charge in [-0.2, -0.15) is 0 Å². The van der Waals surface area contributed by atoms with Crippen LogP contribution in [0.15, 0.2) is 48.8 Å². The molecule has 9 nitrogen and oxygen atoms in total. The molecule has 200 valence electrons. The third-order valence-electron chi connectivity index (χ3n) is 5.43. The number of amides is 1. The molecule has 10 heteroatoms. The molecule has 2 N–H and O–H groups in total. The van der Waals surface area contributed by atoms with Gasteiger partial charge in [0.15, 0.2) is 0 Å². The van der Waals surface area contributed by atoms with E-state index in [1.54, 1.807) is 57.3 Å². The molecule has 2 heterocycles. The minimum absolute atomic E-state index is 0.106. The molecule has 0 spiro atoms. The Hall–Kier alpha value is -3.37. The average molecular weight is 528 g/mol. The Kier molecular flexibility index (Phi) is 8.98. The fourth-order valence-electron chi connectivity index (χ4n) is 3.51. The summed E-state index contributed by atoms with van der Waals surface area (Å²) >= 11 is 0. The number of carbonyl (C=O) groups excluding carboxylic acids is 1. The smallest absolute Gasteiger partial charge is 0.408 e. The second-order valence-electron chi connectivity index (χ2n) is 11.2. The summed E-state index contributed by atoms with van der Waals surface area (Å²) < 4.78 is 19.1. The fourth-order valence-corrected chi connectivity index (χ4v) is 4.26. The molecule has 0 saturated heterocycles. The monoisotopic (exact) mass is 527 g/mol. The van der Waals surface area contributed by atoms with Crippen LogP contribution in [0.25, 0.3) is 11.0 Å². The van der Waals surface area contributed by atoms with E-state index in [1.165, 1.54) is 0 Å². The van der Waals surface area contributed by atoms with Gasteiger partial charge < -0.3 is 29.2 Å². The van der Waals surface area contributed by atoms with Crippen LogP contribution < -0.4 is 10.1 Å². The minimum atomic E-state index is -1.14. The van der Waals surface area contributed by atoms with Crippen LogP contribution in [0.4, 0.5) is 4.79 Å². The lowest BCUT2D eigenvalue weighted by atomic mass is 10.1. The summed E-state index contributed by atoms with van der Waals surface area (Å²) in [6.07, 6.45) is 2.97. The maximum absolute atomic E-state index is 12.0. The molecule has 0 saturated carbocycles. The summed E-state index contributed by atoms with van der Waals surface area (Å²) in [7, 11) is -1.14. The molecule has 0 bridgehead atoms. The van der Waals surface area contributed by atoms with Gasteiger partial charge in [0.05, 0.1) is 5.39 Å². The first-order valence-electron chi connectivity index (χ1n) is 12.3. The van der Waals surface area contributed by atoms with Crippen molar-refractivity contribution in [1.82, 2.24) is 14.9 Å². The van der Waals surface area contributed by atoms with Crippen molar-refractivity contribution in [2.75, 3.05) is 6.61 Å². The molecular weight excluding hydrogens is 490 g/mol. The first-order chi connectivity index (χ1) is 17.3. The topological polar surface area (TPSA) is 112 Å². The van der Waals surface area contributed by atoms with Crippen molar-refractivity contribution < 1.29 is 28.9 Å². The number of hydrogen-bond donors (Lipinski definition) is 2. The Morgan fingerprint density at radius 1 is 1.11 bits per heavy atom. The molecule has 0 fully saturated rings. The predicted molar refractivity (Wildman–Crippen MR) is 145 cm³/mol. The lowest BCUT2D eigenvalue weighted by molar-refractivity contribution is -0.139. The first-order valence-corrected chi connectivity index (χ1v) is 16.0. The molecule has 0 aliphatic rings. The lowest BCUT2D eigenvalue weighted by Crippen LogP contribution is -2.44. The third-order valence-corrected chi connectivity index (χ3v) is 7.13. The molecule has 1 amide bonds. The zero-order valence-electron chi connectivity index (χ0n) is 22.4. The molecule has 1 aromatic carbocycles. The van der Waals surface area contributed by atoms with Crippen LogP contribution in [-0.4, -0.2) is 53.0 Å². The zero-order chi connectivity index (χ0) is 27.2. The molecule has 0 aliphatic heterocycles. The molecule has 0 aliphatic carbocycles. The number of alkyl carbamates (subject to hydrolysis) is 1. The summed E-state index contributed by atoms with van der Waals surface area (Å²) in [6, 6.07) is 10.8. The van der Waals surface area contributed by atoms with Crippen LogP contribution in [-0.2, 0) is 27.4 Å². The van der Waals surface area contributed by atoms with Crippen molar-refractivity contribution in [2.24, 2.45) is 0 Å². The van der Waals surface area contributed by atoms with Crippen LogP contribution in [0.2, 0.25) is 25.7 Å². The number of ether oxygens (including phenoxy) is 3. The molecule has 3 aromatic rings. The van der Waals surface area contributed by atoms with E-state index in [2.05, 4.69) is 29.9 Å². The summed E-state index contributed by atoms with van der Waals surface area (Å²) in [5.41, 5.74) is 0.795. The minimum Gasteiger partial charge on any atom is -0.480 e. The van der Waals surface area contributed by atoms with Gasteiger partial charge in [-0.25, -0.2) is 14.6 Å². The van der Waals surface area contributed by atoms with E-state index >= 15 is 0 Å². The number of benzene rings is 1. The van der Waals surface area contributed by atoms with Crippen LogP contribution in [0.5, 0.6) is 11.5 Å². The Morgan fingerprint density at radius 2 is 1.81 bits per heavy atom. The normalized spacial score (nSPS) is 12.8. The molecule has 37 heavy (non-hydrogen) atoms. The van der Waals surface area contributed by atoms with Gasteiger partial charge >= 0.3 is 12.1 Å². The van der Waals surface area contributed by atoms with Gasteiger partial charge in [0, 0.05) is 33.5 Å². The van der Waals surface area contributed by atoms with Gasteiger partial charge in [0.25, 0.3) is 0 Å². The third kappa shape index (κ3) is 8.90. The number of fused-ring (bicyclic) bond motifs is 1. The summed E-state index contributed by atoms with van der Waals surface area (Å²) in [5, 5.41) is 12.8. The highest BCUT2D eigenvalue weighted by Gasteiger charge is 2.24. The predicted octanol–water partition coefficient (Wildman–Crippen LogP) is 5.66. The Balaban J connectivity index is 1.63. The van der Waals surface area contributed by atoms with Crippen molar-refractivity contribution in [3.8, 4) is 11.5 Å². The van der Waals surface area contributed by atoms with E-state index in [0.29, 0.717) is 18.2 Å². The number of hydrogen-bond acceptors (Lipinski definition) is 6. The van der Waals surface area contributed by atoms with Crippen LogP contribution in [0, 0.1) is 0 Å². The summed E-state index contributed by atoms with van der Waals surface area (Å²) in [6.45, 7) is 13.3. The molecule has 0 unspecified atom stereocenters. The van der Waals surface area contributed by atoms with E-state index < -0.39 is 31.8 Å². The quantitative estimate of drug-likeness (QED) is 0.244. The van der Waals surface area contributed by atoms with Gasteiger partial charge in [0.1, 0.15) is 35.5 Å². The van der Waals surface area contributed by atoms with E-state index in [-0.39, 0.29) is 6.42 Å². The fraction of sp³-hybridized carbons (Fsp3) is 0.444. The number of nitrogens with zero attached hydrogens (tertiary/aromatic N) is 2. The maximum Gasteiger partial charge on any atom is 0.408 e. The van der Waals surface area contributed by atoms with Crippen LogP contribution in [0.3, 0.4) is 0 Å². The number of nitrogens with one attached hydrogen (secondary N) is 1. The largest absolute Gasteiger partial charge is 0.480 e. The van der Waals surface area contributed by atoms with Gasteiger partial charge in [-0.3, -0.25) is 0 Å². The standard InChI is InChI=1S/C27H37N3O6Si/c1-27(2,3)36-26(33)29-22(25(31)32)17-19-7-9-20(10-8-19)35-23-11-13-28-24-21(23)12-14-30(24)18-34-15-16-37(4,5)6/h7-14,22H,15-18H2,1-6H3,(H,29,33)(H,31,32)/t22-/m0/s1. The van der Waals surface area contributed by atoms with Crippen molar-refractivity contribution >= 4 is 31.2 Å². The van der Waals surface area contributed by atoms with E-state index in [0.717, 1.165) is 29.2 Å². The second kappa shape index (κ2) is 11.8. The van der Waals surface area contributed by atoms with Crippen LogP contribution in [0.1, 0.15) is 26.3 Å². The molecule has 3 rings (SSSR count). The van der Waals surface area contributed by atoms with Crippen LogP contribution >= 0.6 is 0 Å². The van der Waals surface area contributed by atoms with Gasteiger partial charge in [-0.15, -0.1) is 0 Å². The lowest BCUT2D eigenvalue weighted by Gasteiger charge is -2.22. The first kappa shape index (κ1) is 28.2. The summed E-state index contributed by atoms with van der Waals surface area (Å²) in [4.78, 5) is 28.2. The van der Waals surface area contributed by atoms with Crippen molar-refractivity contribution in [1.29, 1.82) is 0 Å². The van der Waals surface area contributed by atoms with E-state index in [4.69, 9.17) is 14.2 Å².